The molecular formula is C12H21N3O3. The molecular weight excluding hydrogens is 234 g/mol. The van der Waals surface area contributed by atoms with E-state index in [2.05, 4.69) is 10.6 Å². The highest BCUT2D eigenvalue weighted by Gasteiger charge is 2.27. The normalized spacial score (nSPS) is 24.2. The number of likely N-dealkylation sites (N-methyl/N-ethyl adjacent to an activating group) is 1. The molecule has 2 N–H and O–H groups in total. The zero-order valence-corrected chi connectivity index (χ0v) is 10.8. The van der Waals surface area contributed by atoms with E-state index < -0.39 is 0 Å². The number of nitrogens with zero attached hydrogens (tertiary/aromatic N) is 1. The average molecular weight is 255 g/mol. The van der Waals surface area contributed by atoms with Gasteiger partial charge in [-0.3, -0.25) is 0 Å². The molecule has 18 heavy (non-hydrogen) atoms. The minimum atomic E-state index is -0.282. The van der Waals surface area contributed by atoms with Crippen LogP contribution in [0.4, 0.5) is 9.59 Å². The summed E-state index contributed by atoms with van der Waals surface area (Å²) >= 11 is 0. The Labute approximate surface area is 107 Å². The van der Waals surface area contributed by atoms with E-state index in [0.29, 0.717) is 25.6 Å². The van der Waals surface area contributed by atoms with Crippen molar-refractivity contribution in [3.8, 4) is 0 Å². The van der Waals surface area contributed by atoms with Crippen molar-refractivity contribution in [3.63, 3.8) is 0 Å². The smallest absolute Gasteiger partial charge is 0.409 e. The van der Waals surface area contributed by atoms with E-state index in [0.717, 1.165) is 12.8 Å². The lowest BCUT2D eigenvalue weighted by molar-refractivity contribution is 0.131. The Hall–Kier alpha value is -1.46. The van der Waals surface area contributed by atoms with Gasteiger partial charge in [0.15, 0.2) is 0 Å². The van der Waals surface area contributed by atoms with Crippen molar-refractivity contribution in [2.75, 3.05) is 20.1 Å². The molecule has 0 bridgehead atoms. The van der Waals surface area contributed by atoms with Crippen molar-refractivity contribution >= 4 is 12.1 Å². The summed E-state index contributed by atoms with van der Waals surface area (Å²) in [4.78, 5) is 24.2. The van der Waals surface area contributed by atoms with Gasteiger partial charge in [0.2, 0.25) is 0 Å². The Morgan fingerprint density at radius 3 is 2.78 bits per heavy atom. The first kappa shape index (κ1) is 13.0. The summed E-state index contributed by atoms with van der Waals surface area (Å²) in [5, 5.41) is 5.76. The van der Waals surface area contributed by atoms with Crippen molar-refractivity contribution < 1.29 is 14.3 Å². The Morgan fingerprint density at radius 2 is 2.17 bits per heavy atom. The van der Waals surface area contributed by atoms with Gasteiger partial charge in [-0.15, -0.1) is 0 Å². The van der Waals surface area contributed by atoms with Gasteiger partial charge in [-0.05, 0) is 12.8 Å². The first-order chi connectivity index (χ1) is 8.65. The third-order valence-corrected chi connectivity index (χ3v) is 3.50. The number of amides is 3. The molecule has 1 heterocycles. The second-order valence-corrected chi connectivity index (χ2v) is 5.06. The number of hydrogen-bond acceptors (Lipinski definition) is 3. The summed E-state index contributed by atoms with van der Waals surface area (Å²) in [6.07, 6.45) is 4.85. The Balaban J connectivity index is 1.57. The first-order valence-corrected chi connectivity index (χ1v) is 6.61. The molecule has 2 fully saturated rings. The molecule has 0 aromatic heterocycles. The maximum atomic E-state index is 11.6. The van der Waals surface area contributed by atoms with Crippen LogP contribution in [-0.4, -0.2) is 49.3 Å². The van der Waals surface area contributed by atoms with E-state index in [1.165, 1.54) is 12.8 Å². The number of ether oxygens (including phenoxy) is 1. The summed E-state index contributed by atoms with van der Waals surface area (Å²) in [5.74, 6) is 0. The summed E-state index contributed by atoms with van der Waals surface area (Å²) in [6, 6.07) is 0.222. The lowest BCUT2D eigenvalue weighted by Gasteiger charge is -2.13. The molecule has 0 aromatic rings. The molecule has 0 aromatic carbocycles. The van der Waals surface area contributed by atoms with E-state index in [-0.39, 0.29) is 18.2 Å². The van der Waals surface area contributed by atoms with E-state index in [1.807, 2.05) is 0 Å². The van der Waals surface area contributed by atoms with Gasteiger partial charge in [0.1, 0.15) is 6.10 Å². The highest BCUT2D eigenvalue weighted by Crippen LogP contribution is 2.17. The van der Waals surface area contributed by atoms with Gasteiger partial charge >= 0.3 is 12.1 Å². The second-order valence-electron chi connectivity index (χ2n) is 5.06. The maximum absolute atomic E-state index is 11.6. The van der Waals surface area contributed by atoms with Gasteiger partial charge in [0.25, 0.3) is 0 Å². The molecule has 102 valence electrons. The first-order valence-electron chi connectivity index (χ1n) is 6.61. The quantitative estimate of drug-likeness (QED) is 0.789. The molecule has 1 atom stereocenters. The average Bonchev–Trinajstić information content (AvgIpc) is 2.90. The lowest BCUT2D eigenvalue weighted by atomic mass is 10.2. The number of nitrogens with one attached hydrogen (secondary N) is 2. The van der Waals surface area contributed by atoms with Crippen molar-refractivity contribution in [2.45, 2.75) is 44.2 Å². The fourth-order valence-electron chi connectivity index (χ4n) is 2.45. The Kier molecular flexibility index (Phi) is 4.28. The van der Waals surface area contributed by atoms with Crippen molar-refractivity contribution in [1.29, 1.82) is 0 Å². The van der Waals surface area contributed by atoms with E-state index in [1.54, 1.807) is 11.9 Å². The SMILES string of the molecule is CN1CC(CCNC(=O)NC2CCCC2)OC1=O. The number of rotatable bonds is 4. The summed E-state index contributed by atoms with van der Waals surface area (Å²) in [5.41, 5.74) is 0. The van der Waals surface area contributed by atoms with E-state index in [4.69, 9.17) is 4.74 Å². The number of cyclic esters (lactones) is 1. The van der Waals surface area contributed by atoms with E-state index in [9.17, 15) is 9.59 Å². The van der Waals surface area contributed by atoms with Crippen LogP contribution in [0.2, 0.25) is 0 Å². The minimum Gasteiger partial charge on any atom is -0.444 e. The van der Waals surface area contributed by atoms with Gasteiger partial charge in [-0.25, -0.2) is 9.59 Å². The highest BCUT2D eigenvalue weighted by atomic mass is 16.6. The predicted octanol–water partition coefficient (Wildman–Crippen LogP) is 1.07. The molecule has 2 aliphatic rings. The van der Waals surface area contributed by atoms with Gasteiger partial charge in [0, 0.05) is 26.1 Å². The highest BCUT2D eigenvalue weighted by molar-refractivity contribution is 5.74. The van der Waals surface area contributed by atoms with Crippen molar-refractivity contribution in [3.05, 3.63) is 0 Å². The fourth-order valence-corrected chi connectivity index (χ4v) is 2.45. The zero-order valence-electron chi connectivity index (χ0n) is 10.8. The molecule has 2 rings (SSSR count). The van der Waals surface area contributed by atoms with Gasteiger partial charge in [0.05, 0.1) is 6.54 Å². The van der Waals surface area contributed by atoms with Crippen LogP contribution >= 0.6 is 0 Å². The topological polar surface area (TPSA) is 70.7 Å². The summed E-state index contributed by atoms with van der Waals surface area (Å²) in [7, 11) is 1.71. The zero-order chi connectivity index (χ0) is 13.0. The number of urea groups is 1. The number of hydrogen-bond donors (Lipinski definition) is 2. The van der Waals surface area contributed by atoms with Crippen LogP contribution in [0.25, 0.3) is 0 Å². The predicted molar refractivity (Wildman–Crippen MR) is 66.3 cm³/mol. The standard InChI is InChI=1S/C12H21N3O3/c1-15-8-10(18-12(15)17)6-7-13-11(16)14-9-4-2-3-5-9/h9-10H,2-8H2,1H3,(H2,13,14,16). The third kappa shape index (κ3) is 3.51. The summed E-state index contributed by atoms with van der Waals surface area (Å²) in [6.45, 7) is 1.13. The Bertz CT molecular complexity index is 316. The monoisotopic (exact) mass is 255 g/mol. The number of carbonyl (C=O) groups is 2. The van der Waals surface area contributed by atoms with Crippen LogP contribution in [-0.2, 0) is 4.74 Å². The van der Waals surface area contributed by atoms with Crippen LogP contribution in [0, 0.1) is 0 Å². The van der Waals surface area contributed by atoms with Gasteiger partial charge < -0.3 is 20.3 Å². The van der Waals surface area contributed by atoms with Crippen molar-refractivity contribution in [2.24, 2.45) is 0 Å². The molecule has 1 unspecified atom stereocenters. The molecule has 1 aliphatic heterocycles. The van der Waals surface area contributed by atoms with Crippen LogP contribution in [0.3, 0.4) is 0 Å². The molecule has 1 aliphatic carbocycles. The largest absolute Gasteiger partial charge is 0.444 e. The van der Waals surface area contributed by atoms with Crippen LogP contribution in [0.5, 0.6) is 0 Å². The van der Waals surface area contributed by atoms with Gasteiger partial charge in [-0.1, -0.05) is 12.8 Å². The molecule has 6 heteroatoms. The molecule has 3 amide bonds. The van der Waals surface area contributed by atoms with Crippen LogP contribution in [0.15, 0.2) is 0 Å². The molecule has 0 spiro atoms. The summed E-state index contributed by atoms with van der Waals surface area (Å²) < 4.78 is 5.10. The van der Waals surface area contributed by atoms with Crippen LogP contribution in [0.1, 0.15) is 32.1 Å². The van der Waals surface area contributed by atoms with Crippen molar-refractivity contribution in [1.82, 2.24) is 15.5 Å². The second kappa shape index (κ2) is 5.93. The molecule has 0 radical (unpaired) electrons. The molecule has 6 nitrogen and oxygen atoms in total. The maximum Gasteiger partial charge on any atom is 0.409 e. The Morgan fingerprint density at radius 1 is 1.44 bits per heavy atom. The number of carbonyl (C=O) groups excluding carboxylic acids is 2. The molecule has 1 saturated carbocycles. The van der Waals surface area contributed by atoms with Gasteiger partial charge in [-0.2, -0.15) is 0 Å². The third-order valence-electron chi connectivity index (χ3n) is 3.50. The van der Waals surface area contributed by atoms with Crippen LogP contribution < -0.4 is 10.6 Å². The molecule has 1 saturated heterocycles. The van der Waals surface area contributed by atoms with E-state index >= 15 is 0 Å². The fraction of sp³-hybridized carbons (Fsp3) is 0.833. The lowest BCUT2D eigenvalue weighted by Crippen LogP contribution is -2.41. The minimum absolute atomic E-state index is 0.103.